The van der Waals surface area contributed by atoms with E-state index in [0.29, 0.717) is 9.35 Å². The molecule has 2 rings (SSSR count). The van der Waals surface area contributed by atoms with E-state index < -0.39 is 15.9 Å². The van der Waals surface area contributed by atoms with Crippen molar-refractivity contribution >= 4 is 43.2 Å². The normalized spacial score (nSPS) is 11.3. The lowest BCUT2D eigenvalue weighted by molar-refractivity contribution is 0.0981. The van der Waals surface area contributed by atoms with Gasteiger partial charge in [-0.05, 0) is 53.5 Å². The summed E-state index contributed by atoms with van der Waals surface area (Å²) in [7, 11) is -3.82. The van der Waals surface area contributed by atoms with Crippen molar-refractivity contribution in [2.75, 3.05) is 0 Å². The van der Waals surface area contributed by atoms with Crippen molar-refractivity contribution < 1.29 is 13.2 Å². The molecule has 7 heteroatoms. The molecule has 4 nitrogen and oxygen atoms in total. The first-order valence-corrected chi connectivity index (χ1v) is 8.78. The number of hydrogen-bond donors (Lipinski definition) is 1. The maximum atomic E-state index is 12.1. The number of carbonyl (C=O) groups excluding carboxylic acids is 1. The summed E-state index contributed by atoms with van der Waals surface area (Å²) in [6.07, 6.45) is 0. The molecule has 106 valence electrons. The maximum absolute atomic E-state index is 12.1. The summed E-state index contributed by atoms with van der Waals surface area (Å²) in [4.78, 5) is 12.1. The van der Waals surface area contributed by atoms with E-state index in [-0.39, 0.29) is 4.21 Å². The Labute approximate surface area is 130 Å². The molecule has 0 atom stereocenters. The number of sulfonamides is 1. The van der Waals surface area contributed by atoms with Crippen molar-refractivity contribution in [2.24, 2.45) is 0 Å². The lowest BCUT2D eigenvalue weighted by Crippen LogP contribution is -2.30. The minimum absolute atomic E-state index is 0.0995. The Morgan fingerprint density at radius 3 is 2.45 bits per heavy atom. The van der Waals surface area contributed by atoms with Gasteiger partial charge in [-0.3, -0.25) is 4.79 Å². The van der Waals surface area contributed by atoms with E-state index >= 15 is 0 Å². The van der Waals surface area contributed by atoms with Crippen molar-refractivity contribution in [3.63, 3.8) is 0 Å². The number of benzene rings is 1. The minimum atomic E-state index is -3.82. The average molecular weight is 374 g/mol. The van der Waals surface area contributed by atoms with Gasteiger partial charge in [-0.15, -0.1) is 11.3 Å². The molecule has 0 aliphatic carbocycles. The zero-order valence-electron chi connectivity index (χ0n) is 10.8. The van der Waals surface area contributed by atoms with E-state index in [1.165, 1.54) is 6.07 Å². The summed E-state index contributed by atoms with van der Waals surface area (Å²) in [6.45, 7) is 3.69. The number of carbonyl (C=O) groups is 1. The van der Waals surface area contributed by atoms with Crippen LogP contribution in [0.15, 0.2) is 38.3 Å². The van der Waals surface area contributed by atoms with E-state index in [1.54, 1.807) is 25.1 Å². The molecule has 2 aromatic rings. The monoisotopic (exact) mass is 373 g/mol. The number of hydrogen-bond acceptors (Lipinski definition) is 4. The van der Waals surface area contributed by atoms with E-state index in [1.807, 2.05) is 13.0 Å². The number of nitrogens with one attached hydrogen (secondary N) is 1. The fraction of sp³-hybridized carbons (Fsp3) is 0.154. The van der Waals surface area contributed by atoms with Crippen LogP contribution in [0.5, 0.6) is 0 Å². The SMILES string of the molecule is Cc1ccc(C(=O)NS(=O)(=O)c2ccc(Br)s2)c(C)c1. The Balaban J connectivity index is 2.27. The third-order valence-corrected chi connectivity index (χ3v) is 6.11. The molecule has 0 aliphatic heterocycles. The van der Waals surface area contributed by atoms with Crippen molar-refractivity contribution in [3.8, 4) is 0 Å². The molecule has 1 aromatic carbocycles. The molecule has 0 bridgehead atoms. The lowest BCUT2D eigenvalue weighted by atomic mass is 10.1. The summed E-state index contributed by atoms with van der Waals surface area (Å²) in [5.74, 6) is -0.618. The highest BCUT2D eigenvalue weighted by atomic mass is 79.9. The van der Waals surface area contributed by atoms with E-state index in [4.69, 9.17) is 0 Å². The van der Waals surface area contributed by atoms with Crippen LogP contribution in [-0.4, -0.2) is 14.3 Å². The van der Waals surface area contributed by atoms with Gasteiger partial charge in [-0.1, -0.05) is 17.7 Å². The smallest absolute Gasteiger partial charge is 0.268 e. The van der Waals surface area contributed by atoms with Crippen molar-refractivity contribution in [1.29, 1.82) is 0 Å². The Morgan fingerprint density at radius 2 is 1.90 bits per heavy atom. The van der Waals surface area contributed by atoms with E-state index in [0.717, 1.165) is 22.5 Å². The number of amides is 1. The third kappa shape index (κ3) is 3.28. The van der Waals surface area contributed by atoms with Gasteiger partial charge in [0.1, 0.15) is 4.21 Å². The molecular formula is C13H12BrNO3S2. The van der Waals surface area contributed by atoms with Crippen LogP contribution in [0.2, 0.25) is 0 Å². The number of thiophene rings is 1. The van der Waals surface area contributed by atoms with Crippen molar-refractivity contribution in [3.05, 3.63) is 50.8 Å². The first kappa shape index (κ1) is 15.2. The Morgan fingerprint density at radius 1 is 1.20 bits per heavy atom. The highest BCUT2D eigenvalue weighted by Crippen LogP contribution is 2.26. The van der Waals surface area contributed by atoms with Crippen molar-refractivity contribution in [2.45, 2.75) is 18.1 Å². The van der Waals surface area contributed by atoms with Crippen LogP contribution in [0, 0.1) is 13.8 Å². The maximum Gasteiger partial charge on any atom is 0.273 e. The van der Waals surface area contributed by atoms with Crippen molar-refractivity contribution in [1.82, 2.24) is 4.72 Å². The molecule has 0 radical (unpaired) electrons. The molecule has 0 unspecified atom stereocenters. The fourth-order valence-electron chi connectivity index (χ4n) is 1.74. The largest absolute Gasteiger partial charge is 0.273 e. The number of rotatable bonds is 3. The van der Waals surface area contributed by atoms with E-state index in [2.05, 4.69) is 20.7 Å². The molecule has 0 aliphatic rings. The summed E-state index contributed by atoms with van der Waals surface area (Å²) in [5.41, 5.74) is 2.11. The second-order valence-corrected chi connectivity index (χ2v) is 8.68. The first-order valence-electron chi connectivity index (χ1n) is 5.69. The average Bonchev–Trinajstić information content (AvgIpc) is 2.75. The third-order valence-electron chi connectivity index (χ3n) is 2.67. The summed E-state index contributed by atoms with van der Waals surface area (Å²) < 4.78 is 27.0. The Bertz CT molecular complexity index is 766. The topological polar surface area (TPSA) is 63.2 Å². The van der Waals surface area contributed by atoms with Gasteiger partial charge in [0.05, 0.1) is 3.79 Å². The highest BCUT2D eigenvalue weighted by molar-refractivity contribution is 9.11. The first-order chi connectivity index (χ1) is 9.29. The summed E-state index contributed by atoms with van der Waals surface area (Å²) in [6, 6.07) is 8.31. The van der Waals surface area contributed by atoms with Crippen LogP contribution in [0.3, 0.4) is 0 Å². The standard InChI is InChI=1S/C13H12BrNO3S2/c1-8-3-4-10(9(2)7-8)13(16)15-20(17,18)12-6-5-11(14)19-12/h3-7H,1-2H3,(H,15,16). The Kier molecular flexibility index (Phi) is 4.31. The second-order valence-electron chi connectivity index (χ2n) is 4.31. The van der Waals surface area contributed by atoms with Gasteiger partial charge in [0.25, 0.3) is 15.9 Å². The van der Waals surface area contributed by atoms with Gasteiger partial charge < -0.3 is 0 Å². The fourth-order valence-corrected chi connectivity index (χ4v) is 4.71. The van der Waals surface area contributed by atoms with Crippen LogP contribution in [0.1, 0.15) is 21.5 Å². The van der Waals surface area contributed by atoms with Crippen LogP contribution >= 0.6 is 27.3 Å². The molecule has 1 heterocycles. The van der Waals surface area contributed by atoms with Gasteiger partial charge in [0, 0.05) is 5.56 Å². The molecule has 20 heavy (non-hydrogen) atoms. The molecule has 0 saturated heterocycles. The highest BCUT2D eigenvalue weighted by Gasteiger charge is 2.21. The Hall–Kier alpha value is -1.18. The molecule has 1 N–H and O–H groups in total. The predicted octanol–water partition coefficient (Wildman–Crippen LogP) is 3.25. The number of aryl methyl sites for hydroxylation is 2. The van der Waals surface area contributed by atoms with Gasteiger partial charge >= 0.3 is 0 Å². The lowest BCUT2D eigenvalue weighted by Gasteiger charge is -2.08. The predicted molar refractivity (Wildman–Crippen MR) is 82.6 cm³/mol. The molecule has 0 saturated carbocycles. The zero-order valence-corrected chi connectivity index (χ0v) is 14.0. The van der Waals surface area contributed by atoms with Crippen LogP contribution in [0.4, 0.5) is 0 Å². The van der Waals surface area contributed by atoms with E-state index in [9.17, 15) is 13.2 Å². The number of halogens is 1. The van der Waals surface area contributed by atoms with Gasteiger partial charge in [0.15, 0.2) is 0 Å². The summed E-state index contributed by atoms with van der Waals surface area (Å²) >= 11 is 4.25. The quantitative estimate of drug-likeness (QED) is 0.897. The zero-order chi connectivity index (χ0) is 14.9. The van der Waals surface area contributed by atoms with Crippen LogP contribution in [-0.2, 0) is 10.0 Å². The minimum Gasteiger partial charge on any atom is -0.268 e. The second kappa shape index (κ2) is 5.67. The van der Waals surface area contributed by atoms with Crippen LogP contribution < -0.4 is 4.72 Å². The summed E-state index contributed by atoms with van der Waals surface area (Å²) in [5, 5.41) is 0. The molecule has 1 amide bonds. The molecular weight excluding hydrogens is 362 g/mol. The van der Waals surface area contributed by atoms with Crippen LogP contribution in [0.25, 0.3) is 0 Å². The molecule has 0 spiro atoms. The molecule has 1 aromatic heterocycles. The van der Waals surface area contributed by atoms with Gasteiger partial charge in [-0.25, -0.2) is 13.1 Å². The van der Waals surface area contributed by atoms with Gasteiger partial charge in [0.2, 0.25) is 0 Å². The molecule has 0 fully saturated rings. The van der Waals surface area contributed by atoms with Gasteiger partial charge in [-0.2, -0.15) is 0 Å².